The fraction of sp³-hybridized carbons (Fsp3) is 0.231. The summed E-state index contributed by atoms with van der Waals surface area (Å²) in [7, 11) is 0. The van der Waals surface area contributed by atoms with Crippen LogP contribution in [0.25, 0.3) is 5.57 Å². The highest BCUT2D eigenvalue weighted by Gasteiger charge is 2.16. The van der Waals surface area contributed by atoms with E-state index in [-0.39, 0.29) is 0 Å². The quantitative estimate of drug-likeness (QED) is 0.657. The molecule has 1 aliphatic rings. The van der Waals surface area contributed by atoms with Crippen LogP contribution in [0.15, 0.2) is 48.7 Å². The molecule has 1 heteroatoms. The van der Waals surface area contributed by atoms with E-state index in [2.05, 4.69) is 30.8 Å². The number of ether oxygens (including phenoxy) is 1. The second-order valence-electron chi connectivity index (χ2n) is 3.36. The fourth-order valence-corrected chi connectivity index (χ4v) is 1.62. The summed E-state index contributed by atoms with van der Waals surface area (Å²) in [4.78, 5) is 0. The molecule has 1 fully saturated rings. The Kier molecular flexibility index (Phi) is 2.68. The van der Waals surface area contributed by atoms with Gasteiger partial charge in [0.25, 0.3) is 0 Å². The molecule has 1 saturated heterocycles. The number of hydrogen-bond acceptors (Lipinski definition) is 1. The van der Waals surface area contributed by atoms with Gasteiger partial charge in [-0.2, -0.15) is 0 Å². The summed E-state index contributed by atoms with van der Waals surface area (Å²) in [6.07, 6.45) is 3.88. The van der Waals surface area contributed by atoms with Gasteiger partial charge in [-0.25, -0.2) is 0 Å². The van der Waals surface area contributed by atoms with Crippen molar-refractivity contribution < 1.29 is 4.74 Å². The molecule has 1 nitrogen and oxygen atoms in total. The van der Waals surface area contributed by atoms with Crippen molar-refractivity contribution in [3.05, 3.63) is 54.3 Å². The number of allylic oxidation sites excluding steroid dienone is 2. The van der Waals surface area contributed by atoms with Crippen molar-refractivity contribution in [2.75, 3.05) is 6.61 Å². The van der Waals surface area contributed by atoms with Gasteiger partial charge < -0.3 is 4.74 Å². The summed E-state index contributed by atoms with van der Waals surface area (Å²) in [6, 6.07) is 10.4. The second kappa shape index (κ2) is 4.14. The summed E-state index contributed by atoms with van der Waals surface area (Å²) in [5.41, 5.74) is 2.54. The standard InChI is InChI=1S/C13H14O/c1-2-6-12(13-9-10-14-13)11-7-4-3-5-8-11/h2-5,7-8H,1,6,9-10H2. The lowest BCUT2D eigenvalue weighted by Gasteiger charge is -2.23. The third-order valence-corrected chi connectivity index (χ3v) is 2.41. The first-order valence-corrected chi connectivity index (χ1v) is 4.93. The van der Waals surface area contributed by atoms with E-state index in [1.54, 1.807) is 0 Å². The molecule has 2 rings (SSSR count). The lowest BCUT2D eigenvalue weighted by Crippen LogP contribution is -2.11. The van der Waals surface area contributed by atoms with E-state index in [1.165, 1.54) is 11.1 Å². The Balaban J connectivity index is 2.32. The number of rotatable bonds is 3. The van der Waals surface area contributed by atoms with Gasteiger partial charge >= 0.3 is 0 Å². The van der Waals surface area contributed by atoms with Gasteiger partial charge in [0.2, 0.25) is 0 Å². The minimum atomic E-state index is 0.864. The average molecular weight is 186 g/mol. The summed E-state index contributed by atoms with van der Waals surface area (Å²) in [5, 5.41) is 0. The van der Waals surface area contributed by atoms with E-state index in [0.717, 1.165) is 25.2 Å². The number of benzene rings is 1. The van der Waals surface area contributed by atoms with Gasteiger partial charge in [-0.3, -0.25) is 0 Å². The molecule has 1 heterocycles. The van der Waals surface area contributed by atoms with Gasteiger partial charge in [0.05, 0.1) is 6.61 Å². The minimum Gasteiger partial charge on any atom is -0.497 e. The summed E-state index contributed by atoms with van der Waals surface area (Å²) < 4.78 is 5.43. The van der Waals surface area contributed by atoms with Crippen molar-refractivity contribution in [1.82, 2.24) is 0 Å². The molecule has 0 saturated carbocycles. The normalized spacial score (nSPS) is 18.0. The molecular weight excluding hydrogens is 172 g/mol. The molecule has 14 heavy (non-hydrogen) atoms. The summed E-state index contributed by atoms with van der Waals surface area (Å²) in [5.74, 6) is 1.14. The third-order valence-electron chi connectivity index (χ3n) is 2.41. The van der Waals surface area contributed by atoms with Crippen molar-refractivity contribution in [2.24, 2.45) is 0 Å². The molecule has 1 aromatic rings. The Bertz CT molecular complexity index is 343. The zero-order chi connectivity index (χ0) is 9.80. The molecule has 0 atom stereocenters. The van der Waals surface area contributed by atoms with Crippen LogP contribution in [0.1, 0.15) is 18.4 Å². The molecule has 0 bridgehead atoms. The Hall–Kier alpha value is -1.50. The van der Waals surface area contributed by atoms with Crippen LogP contribution in [0.2, 0.25) is 0 Å². The van der Waals surface area contributed by atoms with E-state index in [4.69, 9.17) is 4.74 Å². The highest BCUT2D eigenvalue weighted by molar-refractivity contribution is 5.69. The molecule has 0 spiro atoms. The zero-order valence-corrected chi connectivity index (χ0v) is 8.20. The third kappa shape index (κ3) is 1.72. The van der Waals surface area contributed by atoms with Gasteiger partial charge in [-0.05, 0) is 12.0 Å². The van der Waals surface area contributed by atoms with Gasteiger partial charge in [0.1, 0.15) is 5.76 Å². The van der Waals surface area contributed by atoms with Crippen molar-refractivity contribution in [2.45, 2.75) is 12.8 Å². The predicted molar refractivity (Wildman–Crippen MR) is 58.7 cm³/mol. The molecule has 0 radical (unpaired) electrons. The molecule has 72 valence electrons. The van der Waals surface area contributed by atoms with Crippen LogP contribution >= 0.6 is 0 Å². The van der Waals surface area contributed by atoms with Crippen LogP contribution in [-0.2, 0) is 4.74 Å². The molecule has 0 N–H and O–H groups in total. The largest absolute Gasteiger partial charge is 0.497 e. The Labute approximate surface area is 84.7 Å². The van der Waals surface area contributed by atoms with Crippen LogP contribution in [0.3, 0.4) is 0 Å². The second-order valence-corrected chi connectivity index (χ2v) is 3.36. The maximum absolute atomic E-state index is 5.43. The fourth-order valence-electron chi connectivity index (χ4n) is 1.62. The maximum atomic E-state index is 5.43. The predicted octanol–water partition coefficient (Wildman–Crippen LogP) is 3.39. The molecule has 0 unspecified atom stereocenters. The highest BCUT2D eigenvalue weighted by atomic mass is 16.5. The van der Waals surface area contributed by atoms with Gasteiger partial charge in [0, 0.05) is 12.0 Å². The monoisotopic (exact) mass is 186 g/mol. The Morgan fingerprint density at radius 3 is 2.57 bits per heavy atom. The highest BCUT2D eigenvalue weighted by Crippen LogP contribution is 2.29. The first-order valence-electron chi connectivity index (χ1n) is 4.93. The van der Waals surface area contributed by atoms with Crippen LogP contribution < -0.4 is 0 Å². The molecule has 0 aliphatic carbocycles. The van der Waals surface area contributed by atoms with E-state index in [9.17, 15) is 0 Å². The smallest absolute Gasteiger partial charge is 0.103 e. The van der Waals surface area contributed by atoms with E-state index < -0.39 is 0 Å². The van der Waals surface area contributed by atoms with Crippen LogP contribution in [-0.4, -0.2) is 6.61 Å². The molecule has 0 aromatic heterocycles. The Morgan fingerprint density at radius 2 is 2.07 bits per heavy atom. The first kappa shape index (κ1) is 9.07. The topological polar surface area (TPSA) is 9.23 Å². The van der Waals surface area contributed by atoms with Crippen LogP contribution in [0, 0.1) is 0 Å². The van der Waals surface area contributed by atoms with Crippen molar-refractivity contribution >= 4 is 5.57 Å². The lowest BCUT2D eigenvalue weighted by molar-refractivity contribution is 0.119. The van der Waals surface area contributed by atoms with E-state index in [0.29, 0.717) is 0 Å². The molecule has 0 amide bonds. The van der Waals surface area contributed by atoms with E-state index >= 15 is 0 Å². The minimum absolute atomic E-state index is 0.864. The average Bonchev–Trinajstić information content (AvgIpc) is 2.16. The first-order chi connectivity index (χ1) is 6.92. The van der Waals surface area contributed by atoms with E-state index in [1.807, 2.05) is 12.1 Å². The van der Waals surface area contributed by atoms with Crippen molar-refractivity contribution in [3.8, 4) is 0 Å². The van der Waals surface area contributed by atoms with Gasteiger partial charge in [-0.15, -0.1) is 6.58 Å². The lowest BCUT2D eigenvalue weighted by atomic mass is 9.99. The summed E-state index contributed by atoms with van der Waals surface area (Å²) >= 11 is 0. The zero-order valence-electron chi connectivity index (χ0n) is 8.20. The van der Waals surface area contributed by atoms with Crippen LogP contribution in [0.5, 0.6) is 0 Å². The molecular formula is C13H14O. The Morgan fingerprint density at radius 1 is 1.36 bits per heavy atom. The SMILES string of the molecule is C=CCC(=C1CCO1)c1ccccc1. The van der Waals surface area contributed by atoms with Crippen molar-refractivity contribution in [1.29, 1.82) is 0 Å². The van der Waals surface area contributed by atoms with Crippen LogP contribution in [0.4, 0.5) is 0 Å². The van der Waals surface area contributed by atoms with Gasteiger partial charge in [0.15, 0.2) is 0 Å². The molecule has 1 aromatic carbocycles. The number of hydrogen-bond donors (Lipinski definition) is 0. The van der Waals surface area contributed by atoms with Gasteiger partial charge in [-0.1, -0.05) is 36.4 Å². The maximum Gasteiger partial charge on any atom is 0.103 e. The summed E-state index contributed by atoms with van der Waals surface area (Å²) in [6.45, 7) is 4.64. The van der Waals surface area contributed by atoms with Crippen molar-refractivity contribution in [3.63, 3.8) is 0 Å². The molecule has 1 aliphatic heterocycles.